The molecule has 2 heteroatoms. The molecule has 0 spiro atoms. The van der Waals surface area contributed by atoms with E-state index in [2.05, 4.69) is 27.7 Å². The Labute approximate surface area is 75.4 Å². The minimum Gasteiger partial charge on any atom is -0.315 e. The van der Waals surface area contributed by atoms with Crippen LogP contribution in [0.5, 0.6) is 0 Å². The van der Waals surface area contributed by atoms with Crippen molar-refractivity contribution in [3.05, 3.63) is 11.3 Å². The van der Waals surface area contributed by atoms with E-state index >= 15 is 0 Å². The van der Waals surface area contributed by atoms with Crippen LogP contribution in [0.15, 0.2) is 11.3 Å². The lowest BCUT2D eigenvalue weighted by Gasteiger charge is -2.20. The number of rotatable bonds is 2. The number of allylic oxidation sites excluding steroid dienone is 1. The van der Waals surface area contributed by atoms with E-state index in [0.29, 0.717) is 11.8 Å². The predicted molar refractivity (Wildman–Crippen MR) is 52.2 cm³/mol. The summed E-state index contributed by atoms with van der Waals surface area (Å²) in [5.41, 5.74) is 2.91. The van der Waals surface area contributed by atoms with Crippen LogP contribution in [0.1, 0.15) is 34.1 Å². The molecule has 0 bridgehead atoms. The van der Waals surface area contributed by atoms with Crippen LogP contribution in [0, 0.1) is 11.8 Å². The Kier molecular flexibility index (Phi) is 2.78. The highest BCUT2D eigenvalue weighted by atomic mass is 15.4. The molecule has 0 amide bonds. The van der Waals surface area contributed by atoms with Crippen molar-refractivity contribution >= 4 is 0 Å². The molecule has 1 rings (SSSR count). The lowest BCUT2D eigenvalue weighted by atomic mass is 9.96. The van der Waals surface area contributed by atoms with Gasteiger partial charge >= 0.3 is 0 Å². The minimum absolute atomic E-state index is 0.565. The highest BCUT2D eigenvalue weighted by Gasteiger charge is 2.23. The molecule has 2 N–H and O–H groups in total. The maximum absolute atomic E-state index is 5.88. The summed E-state index contributed by atoms with van der Waals surface area (Å²) in [6, 6.07) is 0. The molecule has 70 valence electrons. The smallest absolute Gasteiger partial charge is 0.0376 e. The van der Waals surface area contributed by atoms with Gasteiger partial charge < -0.3 is 5.01 Å². The van der Waals surface area contributed by atoms with Crippen molar-refractivity contribution in [1.82, 2.24) is 5.01 Å². The average molecular weight is 168 g/mol. The third-order valence-electron chi connectivity index (χ3n) is 2.50. The summed E-state index contributed by atoms with van der Waals surface area (Å²) in [6.07, 6.45) is 1.15. The molecule has 2 nitrogen and oxygen atoms in total. The van der Waals surface area contributed by atoms with Crippen LogP contribution >= 0.6 is 0 Å². The molecule has 0 aromatic heterocycles. The van der Waals surface area contributed by atoms with E-state index in [1.165, 1.54) is 5.70 Å². The number of hydrogen-bond donors (Lipinski definition) is 1. The van der Waals surface area contributed by atoms with Crippen LogP contribution < -0.4 is 5.84 Å². The van der Waals surface area contributed by atoms with Gasteiger partial charge in [-0.2, -0.15) is 0 Å². The van der Waals surface area contributed by atoms with Gasteiger partial charge in [-0.1, -0.05) is 27.7 Å². The molecule has 0 saturated carbocycles. The zero-order valence-corrected chi connectivity index (χ0v) is 8.59. The fourth-order valence-corrected chi connectivity index (χ4v) is 1.96. The number of hydrogen-bond acceptors (Lipinski definition) is 2. The zero-order valence-electron chi connectivity index (χ0n) is 8.59. The third-order valence-corrected chi connectivity index (χ3v) is 2.50. The Bertz CT molecular complexity index is 192. The Balaban J connectivity index is 2.90. The fraction of sp³-hybridized carbons (Fsp3) is 0.800. The predicted octanol–water partition coefficient (Wildman–Crippen LogP) is 2.13. The van der Waals surface area contributed by atoms with Gasteiger partial charge in [0.2, 0.25) is 0 Å². The first-order chi connectivity index (χ1) is 5.54. The quantitative estimate of drug-likeness (QED) is 0.640. The summed E-state index contributed by atoms with van der Waals surface area (Å²) in [4.78, 5) is 0. The number of nitrogens with zero attached hydrogens (tertiary/aromatic N) is 1. The van der Waals surface area contributed by atoms with Crippen LogP contribution in [0.3, 0.4) is 0 Å². The number of hydrazine groups is 1. The van der Waals surface area contributed by atoms with Crippen molar-refractivity contribution in [2.75, 3.05) is 6.54 Å². The first-order valence-corrected chi connectivity index (χ1v) is 4.79. The normalized spacial score (nSPS) is 18.8. The maximum Gasteiger partial charge on any atom is 0.0376 e. The minimum atomic E-state index is 0.565. The van der Waals surface area contributed by atoms with Crippen LogP contribution in [0.2, 0.25) is 0 Å². The average Bonchev–Trinajstić information content (AvgIpc) is 2.30. The van der Waals surface area contributed by atoms with Crippen molar-refractivity contribution in [2.24, 2.45) is 17.7 Å². The molecule has 0 saturated heterocycles. The van der Waals surface area contributed by atoms with Gasteiger partial charge in [-0.3, -0.25) is 0 Å². The van der Waals surface area contributed by atoms with Gasteiger partial charge in [0, 0.05) is 12.2 Å². The number of nitrogens with two attached hydrogens (primary N) is 1. The highest BCUT2D eigenvalue weighted by molar-refractivity contribution is 5.21. The van der Waals surface area contributed by atoms with Crippen molar-refractivity contribution in [3.63, 3.8) is 0 Å². The Morgan fingerprint density at radius 3 is 2.08 bits per heavy atom. The molecular weight excluding hydrogens is 148 g/mol. The van der Waals surface area contributed by atoms with Crippen LogP contribution in [0.4, 0.5) is 0 Å². The van der Waals surface area contributed by atoms with Gasteiger partial charge in [0.15, 0.2) is 0 Å². The van der Waals surface area contributed by atoms with Crippen molar-refractivity contribution in [2.45, 2.75) is 34.1 Å². The van der Waals surface area contributed by atoms with E-state index in [-0.39, 0.29) is 0 Å². The summed E-state index contributed by atoms with van der Waals surface area (Å²) in [5, 5.41) is 1.92. The monoisotopic (exact) mass is 168 g/mol. The largest absolute Gasteiger partial charge is 0.315 e. The topological polar surface area (TPSA) is 29.3 Å². The summed E-state index contributed by atoms with van der Waals surface area (Å²) >= 11 is 0. The summed E-state index contributed by atoms with van der Waals surface area (Å²) < 4.78 is 0. The van der Waals surface area contributed by atoms with Crippen LogP contribution in [0.25, 0.3) is 0 Å². The molecule has 0 radical (unpaired) electrons. The molecule has 0 aliphatic carbocycles. The summed E-state index contributed by atoms with van der Waals surface area (Å²) in [5.74, 6) is 7.10. The SMILES string of the molecule is CC(C)C1=C(C(C)C)N(N)CC1. The zero-order chi connectivity index (χ0) is 9.30. The first kappa shape index (κ1) is 9.59. The van der Waals surface area contributed by atoms with E-state index in [1.54, 1.807) is 5.57 Å². The van der Waals surface area contributed by atoms with Crippen LogP contribution in [-0.2, 0) is 0 Å². The van der Waals surface area contributed by atoms with E-state index in [0.717, 1.165) is 13.0 Å². The molecule has 1 aliphatic heterocycles. The van der Waals surface area contributed by atoms with E-state index in [9.17, 15) is 0 Å². The van der Waals surface area contributed by atoms with Crippen molar-refractivity contribution in [3.8, 4) is 0 Å². The second-order valence-electron chi connectivity index (χ2n) is 4.16. The second kappa shape index (κ2) is 3.48. The van der Waals surface area contributed by atoms with Gasteiger partial charge in [0.05, 0.1) is 0 Å². The molecule has 0 aromatic rings. The fourth-order valence-electron chi connectivity index (χ4n) is 1.96. The highest BCUT2D eigenvalue weighted by Crippen LogP contribution is 2.30. The Morgan fingerprint density at radius 2 is 1.75 bits per heavy atom. The molecule has 0 atom stereocenters. The Hall–Kier alpha value is -0.500. The molecule has 0 fully saturated rings. The van der Waals surface area contributed by atoms with Crippen LogP contribution in [-0.4, -0.2) is 11.6 Å². The lowest BCUT2D eigenvalue weighted by molar-refractivity contribution is 0.357. The Morgan fingerprint density at radius 1 is 1.17 bits per heavy atom. The van der Waals surface area contributed by atoms with Crippen molar-refractivity contribution in [1.29, 1.82) is 0 Å². The maximum atomic E-state index is 5.88. The second-order valence-corrected chi connectivity index (χ2v) is 4.16. The summed E-state index contributed by atoms with van der Waals surface area (Å²) in [7, 11) is 0. The first-order valence-electron chi connectivity index (χ1n) is 4.79. The molecule has 0 unspecified atom stereocenters. The van der Waals surface area contributed by atoms with Gasteiger partial charge in [-0.05, 0) is 23.8 Å². The van der Waals surface area contributed by atoms with E-state index in [4.69, 9.17) is 5.84 Å². The lowest BCUT2D eigenvalue weighted by Crippen LogP contribution is -2.29. The standard InChI is InChI=1S/C10H20N2/c1-7(2)9-5-6-12(11)10(9)8(3)4/h7-8H,5-6,11H2,1-4H3. The molecule has 12 heavy (non-hydrogen) atoms. The van der Waals surface area contributed by atoms with Gasteiger partial charge in [-0.15, -0.1) is 0 Å². The van der Waals surface area contributed by atoms with E-state index in [1.807, 2.05) is 5.01 Å². The molecule has 1 aliphatic rings. The van der Waals surface area contributed by atoms with Crippen molar-refractivity contribution < 1.29 is 0 Å². The third kappa shape index (κ3) is 1.63. The van der Waals surface area contributed by atoms with Gasteiger partial charge in [-0.25, -0.2) is 5.84 Å². The molecule has 0 aromatic carbocycles. The van der Waals surface area contributed by atoms with Gasteiger partial charge in [0.1, 0.15) is 0 Å². The summed E-state index contributed by atoms with van der Waals surface area (Å²) in [6.45, 7) is 9.92. The molecular formula is C10H20N2. The molecule has 1 heterocycles. The van der Waals surface area contributed by atoms with Gasteiger partial charge in [0.25, 0.3) is 0 Å². The van der Waals surface area contributed by atoms with E-state index < -0.39 is 0 Å².